The maximum absolute atomic E-state index is 11.5. The summed E-state index contributed by atoms with van der Waals surface area (Å²) in [5.41, 5.74) is 2.95. The van der Waals surface area contributed by atoms with Gasteiger partial charge in [0.05, 0.1) is 12.2 Å². The van der Waals surface area contributed by atoms with Gasteiger partial charge in [0.1, 0.15) is 0 Å². The molecule has 4 heteroatoms. The van der Waals surface area contributed by atoms with Gasteiger partial charge in [-0.2, -0.15) is 5.10 Å². The summed E-state index contributed by atoms with van der Waals surface area (Å²) >= 11 is 0. The van der Waals surface area contributed by atoms with Crippen LogP contribution in [-0.4, -0.2) is 28.8 Å². The quantitative estimate of drug-likeness (QED) is 0.839. The molecule has 1 radical (unpaired) electrons. The summed E-state index contributed by atoms with van der Waals surface area (Å²) in [6.07, 6.45) is 0. The van der Waals surface area contributed by atoms with E-state index >= 15 is 0 Å². The van der Waals surface area contributed by atoms with Crippen molar-refractivity contribution in [1.29, 1.82) is 0 Å². The van der Waals surface area contributed by atoms with E-state index in [2.05, 4.69) is 22.1 Å². The van der Waals surface area contributed by atoms with Crippen molar-refractivity contribution in [3.8, 4) is 11.3 Å². The van der Waals surface area contributed by atoms with Crippen LogP contribution in [0.2, 0.25) is 0 Å². The van der Waals surface area contributed by atoms with Crippen LogP contribution < -0.4 is 5.56 Å². The zero-order valence-electron chi connectivity index (χ0n) is 11.5. The zero-order chi connectivity index (χ0) is 13.8. The predicted molar refractivity (Wildman–Crippen MR) is 76.7 cm³/mol. The molecule has 99 valence electrons. The molecule has 0 fully saturated rings. The molecule has 0 N–H and O–H groups in total. The van der Waals surface area contributed by atoms with Crippen molar-refractivity contribution in [1.82, 2.24) is 14.7 Å². The number of hydrogen-bond donors (Lipinski definition) is 0. The maximum Gasteiger partial charge on any atom is 0.267 e. The molecule has 19 heavy (non-hydrogen) atoms. The molecule has 2 aromatic rings. The first-order chi connectivity index (χ1) is 9.10. The minimum Gasteiger partial charge on any atom is -0.305 e. The lowest BCUT2D eigenvalue weighted by molar-refractivity contribution is 0.402. The number of nitrogens with zero attached hydrogens (tertiary/aromatic N) is 3. The second-order valence-electron chi connectivity index (χ2n) is 4.69. The molecule has 0 saturated heterocycles. The molecule has 0 spiro atoms. The van der Waals surface area contributed by atoms with Crippen LogP contribution in [0.4, 0.5) is 0 Å². The summed E-state index contributed by atoms with van der Waals surface area (Å²) in [4.78, 5) is 13.6. The SMILES string of the molecule is C[CH]n1nc(-c2ccc(CN(C)C)cc2)ccc1=O. The van der Waals surface area contributed by atoms with E-state index < -0.39 is 0 Å². The van der Waals surface area contributed by atoms with Crippen molar-refractivity contribution in [3.63, 3.8) is 0 Å². The van der Waals surface area contributed by atoms with Gasteiger partial charge in [0.2, 0.25) is 0 Å². The summed E-state index contributed by atoms with van der Waals surface area (Å²) in [7, 11) is 4.09. The van der Waals surface area contributed by atoms with E-state index in [1.54, 1.807) is 19.5 Å². The highest BCUT2D eigenvalue weighted by molar-refractivity contribution is 5.58. The van der Waals surface area contributed by atoms with E-state index in [1.807, 2.05) is 26.2 Å². The highest BCUT2D eigenvalue weighted by Gasteiger charge is 2.03. The molecule has 4 nitrogen and oxygen atoms in total. The van der Waals surface area contributed by atoms with E-state index in [4.69, 9.17) is 0 Å². The van der Waals surface area contributed by atoms with E-state index in [0.717, 1.165) is 17.8 Å². The van der Waals surface area contributed by atoms with E-state index in [1.165, 1.54) is 16.3 Å². The Morgan fingerprint density at radius 1 is 1.16 bits per heavy atom. The van der Waals surface area contributed by atoms with Gasteiger partial charge in [-0.05, 0) is 32.6 Å². The number of aromatic nitrogens is 2. The average molecular weight is 256 g/mol. The topological polar surface area (TPSA) is 38.1 Å². The van der Waals surface area contributed by atoms with Crippen LogP contribution in [0, 0.1) is 6.54 Å². The Kier molecular flexibility index (Phi) is 4.12. The lowest BCUT2D eigenvalue weighted by atomic mass is 10.1. The highest BCUT2D eigenvalue weighted by Crippen LogP contribution is 2.16. The first-order valence-corrected chi connectivity index (χ1v) is 6.23. The van der Waals surface area contributed by atoms with Gasteiger partial charge >= 0.3 is 0 Å². The molecular weight excluding hydrogens is 238 g/mol. The van der Waals surface area contributed by atoms with Crippen LogP contribution in [0.15, 0.2) is 41.2 Å². The van der Waals surface area contributed by atoms with E-state index in [-0.39, 0.29) is 5.56 Å². The molecule has 1 aromatic carbocycles. The van der Waals surface area contributed by atoms with Gasteiger partial charge in [0, 0.05) is 18.2 Å². The third-order valence-corrected chi connectivity index (χ3v) is 2.82. The molecule has 0 unspecified atom stereocenters. The first-order valence-electron chi connectivity index (χ1n) is 6.23. The fourth-order valence-corrected chi connectivity index (χ4v) is 1.91. The molecule has 0 aliphatic carbocycles. The second kappa shape index (κ2) is 5.80. The highest BCUT2D eigenvalue weighted by atomic mass is 16.1. The summed E-state index contributed by atoms with van der Waals surface area (Å²) in [6, 6.07) is 11.5. The molecule has 0 bridgehead atoms. The lowest BCUT2D eigenvalue weighted by Gasteiger charge is -2.10. The van der Waals surface area contributed by atoms with Crippen molar-refractivity contribution >= 4 is 0 Å². The Hall–Kier alpha value is -1.94. The van der Waals surface area contributed by atoms with E-state index in [0.29, 0.717) is 0 Å². The van der Waals surface area contributed by atoms with Crippen LogP contribution in [-0.2, 0) is 6.54 Å². The first kappa shape index (κ1) is 13.5. The normalized spacial score (nSPS) is 10.9. The van der Waals surface area contributed by atoms with Crippen LogP contribution in [0.1, 0.15) is 12.5 Å². The Morgan fingerprint density at radius 2 is 1.84 bits per heavy atom. The molecule has 0 aliphatic rings. The molecular formula is C15H18N3O. The van der Waals surface area contributed by atoms with Crippen molar-refractivity contribution in [2.45, 2.75) is 13.5 Å². The van der Waals surface area contributed by atoms with Gasteiger partial charge in [-0.15, -0.1) is 0 Å². The lowest BCUT2D eigenvalue weighted by Crippen LogP contribution is -2.19. The average Bonchev–Trinajstić information content (AvgIpc) is 2.40. The molecule has 2 rings (SSSR count). The van der Waals surface area contributed by atoms with Crippen LogP contribution in [0.25, 0.3) is 11.3 Å². The number of rotatable bonds is 4. The predicted octanol–water partition coefficient (Wildman–Crippen LogP) is 2.00. The van der Waals surface area contributed by atoms with Gasteiger partial charge in [0.15, 0.2) is 0 Å². The number of hydrogen-bond acceptors (Lipinski definition) is 3. The third-order valence-electron chi connectivity index (χ3n) is 2.82. The van der Waals surface area contributed by atoms with Crippen LogP contribution in [0.5, 0.6) is 0 Å². The molecule has 1 aromatic heterocycles. The van der Waals surface area contributed by atoms with Gasteiger partial charge in [0.25, 0.3) is 5.56 Å². The Balaban J connectivity index is 2.29. The fraction of sp³-hybridized carbons (Fsp3) is 0.267. The Labute approximate surface area is 113 Å². The van der Waals surface area contributed by atoms with E-state index in [9.17, 15) is 4.79 Å². The maximum atomic E-state index is 11.5. The third kappa shape index (κ3) is 3.29. The summed E-state index contributed by atoms with van der Waals surface area (Å²) in [6.45, 7) is 4.36. The van der Waals surface area contributed by atoms with Crippen LogP contribution in [0.3, 0.4) is 0 Å². The van der Waals surface area contributed by atoms with Crippen molar-refractivity contribution in [2.24, 2.45) is 0 Å². The van der Waals surface area contributed by atoms with Crippen molar-refractivity contribution in [2.75, 3.05) is 14.1 Å². The molecule has 0 amide bonds. The summed E-state index contributed by atoms with van der Waals surface area (Å²) in [5, 5.41) is 4.29. The number of benzene rings is 1. The smallest absolute Gasteiger partial charge is 0.267 e. The summed E-state index contributed by atoms with van der Waals surface area (Å²) < 4.78 is 1.35. The van der Waals surface area contributed by atoms with Crippen LogP contribution >= 0.6 is 0 Å². The standard InChI is InChI=1S/C15H18N3O/c1-4-18-15(19)10-9-14(16-18)13-7-5-12(6-8-13)11-17(2)3/h4-10H,11H2,1-3H3. The van der Waals surface area contributed by atoms with Crippen molar-refractivity contribution in [3.05, 3.63) is 58.9 Å². The molecule has 0 saturated carbocycles. The fourth-order valence-electron chi connectivity index (χ4n) is 1.91. The Morgan fingerprint density at radius 3 is 2.42 bits per heavy atom. The zero-order valence-corrected chi connectivity index (χ0v) is 11.5. The van der Waals surface area contributed by atoms with Crippen molar-refractivity contribution < 1.29 is 0 Å². The Bertz CT molecular complexity index is 600. The molecule has 0 atom stereocenters. The van der Waals surface area contributed by atoms with Gasteiger partial charge in [-0.3, -0.25) is 4.79 Å². The van der Waals surface area contributed by atoms with Gasteiger partial charge < -0.3 is 4.90 Å². The largest absolute Gasteiger partial charge is 0.305 e. The monoisotopic (exact) mass is 256 g/mol. The summed E-state index contributed by atoms with van der Waals surface area (Å²) in [5.74, 6) is 0. The molecule has 1 heterocycles. The van der Waals surface area contributed by atoms with Gasteiger partial charge in [-0.1, -0.05) is 24.3 Å². The van der Waals surface area contributed by atoms with Gasteiger partial charge in [-0.25, -0.2) is 4.68 Å². The molecule has 0 aliphatic heterocycles. The minimum atomic E-state index is -0.115. The minimum absolute atomic E-state index is 0.115. The second-order valence-corrected chi connectivity index (χ2v) is 4.69.